The van der Waals surface area contributed by atoms with Crippen molar-refractivity contribution in [3.63, 3.8) is 0 Å². The van der Waals surface area contributed by atoms with Gasteiger partial charge in [-0.1, -0.05) is 6.07 Å². The lowest BCUT2D eigenvalue weighted by Crippen LogP contribution is -2.23. The lowest BCUT2D eigenvalue weighted by Gasteiger charge is -2.16. The highest BCUT2D eigenvalue weighted by Crippen LogP contribution is 2.17. The molecule has 0 aliphatic carbocycles. The van der Waals surface area contributed by atoms with Gasteiger partial charge in [-0.25, -0.2) is 9.37 Å². The van der Waals surface area contributed by atoms with Gasteiger partial charge in [0.05, 0.1) is 0 Å². The summed E-state index contributed by atoms with van der Waals surface area (Å²) in [5.74, 6) is 0.229. The highest BCUT2D eigenvalue weighted by molar-refractivity contribution is 5.97. The molecule has 1 aliphatic rings. The lowest BCUT2D eigenvalue weighted by molar-refractivity contribution is -0.121. The minimum absolute atomic E-state index is 0.101. The average molecular weight is 355 g/mol. The van der Waals surface area contributed by atoms with Crippen molar-refractivity contribution in [1.82, 2.24) is 10.3 Å². The largest absolute Gasteiger partial charge is 0.357 e. The Morgan fingerprint density at radius 3 is 2.42 bits per heavy atom. The van der Waals surface area contributed by atoms with Gasteiger partial charge in [0, 0.05) is 44.2 Å². The van der Waals surface area contributed by atoms with E-state index in [0.29, 0.717) is 12.1 Å². The summed E-state index contributed by atoms with van der Waals surface area (Å²) in [7, 11) is 0. The predicted octanol–water partition coefficient (Wildman–Crippen LogP) is 3.10. The van der Waals surface area contributed by atoms with Gasteiger partial charge in [0.15, 0.2) is 5.78 Å². The molecule has 2 heterocycles. The van der Waals surface area contributed by atoms with Crippen LogP contribution in [0.2, 0.25) is 0 Å². The van der Waals surface area contributed by atoms with Crippen LogP contribution >= 0.6 is 0 Å². The Morgan fingerprint density at radius 2 is 1.77 bits per heavy atom. The summed E-state index contributed by atoms with van der Waals surface area (Å²) in [5.41, 5.74) is 1.34. The Balaban J connectivity index is 1.42. The van der Waals surface area contributed by atoms with E-state index in [2.05, 4.69) is 15.2 Å². The van der Waals surface area contributed by atoms with Crippen molar-refractivity contribution in [2.75, 3.05) is 18.0 Å². The van der Waals surface area contributed by atoms with Crippen LogP contribution in [-0.2, 0) is 11.3 Å². The van der Waals surface area contributed by atoms with E-state index >= 15 is 0 Å². The third-order valence-electron chi connectivity index (χ3n) is 4.47. The highest BCUT2D eigenvalue weighted by Gasteiger charge is 2.13. The van der Waals surface area contributed by atoms with Gasteiger partial charge in [-0.2, -0.15) is 0 Å². The average Bonchev–Trinajstić information content (AvgIpc) is 3.20. The Bertz CT molecular complexity index is 754. The summed E-state index contributed by atoms with van der Waals surface area (Å²) >= 11 is 0. The van der Waals surface area contributed by atoms with Crippen LogP contribution in [0.5, 0.6) is 0 Å². The second-order valence-electron chi connectivity index (χ2n) is 6.43. The Kier molecular flexibility index (Phi) is 5.94. The molecule has 1 N–H and O–H groups in total. The van der Waals surface area contributed by atoms with Crippen LogP contribution in [0.3, 0.4) is 0 Å². The first-order chi connectivity index (χ1) is 12.6. The molecule has 5 nitrogen and oxygen atoms in total. The summed E-state index contributed by atoms with van der Waals surface area (Å²) in [4.78, 5) is 30.6. The molecule has 26 heavy (non-hydrogen) atoms. The first kappa shape index (κ1) is 18.0. The van der Waals surface area contributed by atoms with Crippen molar-refractivity contribution in [1.29, 1.82) is 0 Å². The summed E-state index contributed by atoms with van der Waals surface area (Å²) in [6, 6.07) is 9.29. The van der Waals surface area contributed by atoms with Crippen molar-refractivity contribution < 1.29 is 14.0 Å². The molecule has 0 atom stereocenters. The fraction of sp³-hybridized carbons (Fsp3) is 0.350. The van der Waals surface area contributed by atoms with Crippen molar-refractivity contribution in [3.05, 3.63) is 59.5 Å². The number of carbonyl (C=O) groups excluding carboxylic acids is 2. The number of ketones is 1. The van der Waals surface area contributed by atoms with Gasteiger partial charge >= 0.3 is 0 Å². The van der Waals surface area contributed by atoms with E-state index < -0.39 is 0 Å². The molecule has 2 aromatic rings. The van der Waals surface area contributed by atoms with Crippen LogP contribution in [0.25, 0.3) is 0 Å². The van der Waals surface area contributed by atoms with Crippen molar-refractivity contribution in [3.8, 4) is 0 Å². The maximum atomic E-state index is 12.9. The van der Waals surface area contributed by atoms with Gasteiger partial charge in [0.25, 0.3) is 0 Å². The zero-order chi connectivity index (χ0) is 18.4. The molecule has 1 aromatic heterocycles. The monoisotopic (exact) mass is 355 g/mol. The first-order valence-electron chi connectivity index (χ1n) is 8.87. The second kappa shape index (κ2) is 8.56. The van der Waals surface area contributed by atoms with E-state index in [9.17, 15) is 14.0 Å². The molecule has 0 unspecified atom stereocenters. The fourth-order valence-corrected chi connectivity index (χ4v) is 2.95. The van der Waals surface area contributed by atoms with Crippen LogP contribution < -0.4 is 10.2 Å². The van der Waals surface area contributed by atoms with Gasteiger partial charge in [-0.15, -0.1) is 0 Å². The third-order valence-corrected chi connectivity index (χ3v) is 4.47. The van der Waals surface area contributed by atoms with Crippen molar-refractivity contribution in [2.24, 2.45) is 0 Å². The first-order valence-corrected chi connectivity index (χ1v) is 8.87. The number of nitrogens with one attached hydrogen (secondary N) is 1. The van der Waals surface area contributed by atoms with Crippen LogP contribution in [-0.4, -0.2) is 29.8 Å². The lowest BCUT2D eigenvalue weighted by atomic mass is 10.1. The van der Waals surface area contributed by atoms with E-state index in [0.717, 1.165) is 24.5 Å². The quantitative estimate of drug-likeness (QED) is 0.775. The molecule has 0 bridgehead atoms. The van der Waals surface area contributed by atoms with Crippen LogP contribution in [0, 0.1) is 5.82 Å². The van der Waals surface area contributed by atoms with Gasteiger partial charge < -0.3 is 10.2 Å². The van der Waals surface area contributed by atoms with E-state index in [1.54, 1.807) is 6.20 Å². The van der Waals surface area contributed by atoms with Crippen LogP contribution in [0.1, 0.15) is 41.6 Å². The molecule has 3 rings (SSSR count). The van der Waals surface area contributed by atoms with E-state index in [1.807, 2.05) is 12.1 Å². The van der Waals surface area contributed by atoms with Gasteiger partial charge in [0.2, 0.25) is 5.91 Å². The molecule has 1 aliphatic heterocycles. The molecule has 1 saturated heterocycles. The normalized spacial score (nSPS) is 13.7. The summed E-state index contributed by atoms with van der Waals surface area (Å²) in [6.45, 7) is 2.48. The fourth-order valence-electron chi connectivity index (χ4n) is 2.95. The Hall–Kier alpha value is -2.76. The molecule has 6 heteroatoms. The molecule has 1 amide bonds. The summed E-state index contributed by atoms with van der Waals surface area (Å²) in [6.07, 6.45) is 4.39. The minimum Gasteiger partial charge on any atom is -0.357 e. The molecule has 1 fully saturated rings. The number of nitrogens with zero attached hydrogens (tertiary/aromatic N) is 2. The minimum atomic E-state index is -0.386. The SMILES string of the molecule is O=C(CCC(=O)c1ccc(F)cc1)NCc1ccc(N2CCCC2)nc1. The molecule has 0 saturated carbocycles. The number of Topliss-reactive ketones (excluding diaryl/α,β-unsaturated/α-hetero) is 1. The summed E-state index contributed by atoms with van der Waals surface area (Å²) < 4.78 is 12.9. The molecule has 136 valence electrons. The number of benzene rings is 1. The maximum absolute atomic E-state index is 12.9. The third kappa shape index (κ3) is 4.88. The number of pyridine rings is 1. The number of amides is 1. The standard InChI is InChI=1S/C20H22FN3O2/c21-17-6-4-16(5-7-17)18(25)8-10-20(26)23-14-15-3-9-19(22-13-15)24-11-1-2-12-24/h3-7,9,13H,1-2,8,10-12,14H2,(H,23,26). The zero-order valence-electron chi connectivity index (χ0n) is 14.6. The predicted molar refractivity (Wildman–Crippen MR) is 97.5 cm³/mol. The van der Waals surface area contributed by atoms with Gasteiger partial charge in [0.1, 0.15) is 11.6 Å². The van der Waals surface area contributed by atoms with E-state index in [4.69, 9.17) is 0 Å². The van der Waals surface area contributed by atoms with Crippen molar-refractivity contribution in [2.45, 2.75) is 32.2 Å². The number of halogens is 1. The molecular weight excluding hydrogens is 333 g/mol. The zero-order valence-corrected chi connectivity index (χ0v) is 14.6. The topological polar surface area (TPSA) is 62.3 Å². The van der Waals surface area contributed by atoms with Crippen LogP contribution in [0.15, 0.2) is 42.6 Å². The number of carbonyl (C=O) groups is 2. The van der Waals surface area contributed by atoms with E-state index in [1.165, 1.54) is 37.1 Å². The molecule has 0 spiro atoms. The van der Waals surface area contributed by atoms with Crippen LogP contribution in [0.4, 0.5) is 10.2 Å². The number of rotatable bonds is 7. The Morgan fingerprint density at radius 1 is 1.04 bits per heavy atom. The van der Waals surface area contributed by atoms with Crippen molar-refractivity contribution >= 4 is 17.5 Å². The van der Waals surface area contributed by atoms with Gasteiger partial charge in [-0.05, 0) is 48.7 Å². The van der Waals surface area contributed by atoms with E-state index in [-0.39, 0.29) is 30.3 Å². The molecule has 1 aromatic carbocycles. The number of anilines is 1. The number of hydrogen-bond acceptors (Lipinski definition) is 4. The molecule has 0 radical (unpaired) electrons. The number of hydrogen-bond donors (Lipinski definition) is 1. The maximum Gasteiger partial charge on any atom is 0.220 e. The smallest absolute Gasteiger partial charge is 0.220 e. The Labute approximate surface area is 152 Å². The molecular formula is C20H22FN3O2. The highest BCUT2D eigenvalue weighted by atomic mass is 19.1. The van der Waals surface area contributed by atoms with Gasteiger partial charge in [-0.3, -0.25) is 9.59 Å². The number of aromatic nitrogens is 1. The summed E-state index contributed by atoms with van der Waals surface area (Å²) in [5, 5.41) is 2.80. The second-order valence-corrected chi connectivity index (χ2v) is 6.43.